The molecule has 0 unspecified atom stereocenters. The second kappa shape index (κ2) is 9.35. The molecule has 168 valence electrons. The molecule has 0 radical (unpaired) electrons. The predicted octanol–water partition coefficient (Wildman–Crippen LogP) is 5.39. The lowest BCUT2D eigenvalue weighted by atomic mass is 10.1. The van der Waals surface area contributed by atoms with E-state index < -0.39 is 20.0 Å². The molecule has 0 spiro atoms. The Kier molecular flexibility index (Phi) is 6.71. The summed E-state index contributed by atoms with van der Waals surface area (Å²) in [5.41, 5.74) is 1.65. The third-order valence-corrected chi connectivity index (χ3v) is 9.00. The van der Waals surface area contributed by atoms with Gasteiger partial charge in [-0.05, 0) is 42.7 Å². The van der Waals surface area contributed by atoms with Crippen LogP contribution in [0.2, 0.25) is 10.0 Å². The Morgan fingerprint density at radius 1 is 1.12 bits per heavy atom. The Hall–Kier alpha value is -2.20. The van der Waals surface area contributed by atoms with E-state index in [1.54, 1.807) is 6.07 Å². The summed E-state index contributed by atoms with van der Waals surface area (Å²) in [5.74, 6) is 0. The molecule has 0 atom stereocenters. The topological polar surface area (TPSA) is 93.4 Å². The van der Waals surface area contributed by atoms with Crippen molar-refractivity contribution in [3.63, 3.8) is 0 Å². The fourth-order valence-electron chi connectivity index (χ4n) is 3.77. The average Bonchev–Trinajstić information content (AvgIpc) is 3.21. The number of halogens is 2. The van der Waals surface area contributed by atoms with Crippen LogP contribution in [-0.2, 0) is 16.3 Å². The van der Waals surface area contributed by atoms with Gasteiger partial charge in [0.1, 0.15) is 0 Å². The predicted molar refractivity (Wildman–Crippen MR) is 127 cm³/mol. The van der Waals surface area contributed by atoms with Gasteiger partial charge in [0.25, 0.3) is 5.69 Å². The van der Waals surface area contributed by atoms with Crippen LogP contribution in [-0.4, -0.2) is 36.7 Å². The van der Waals surface area contributed by atoms with Gasteiger partial charge in [-0.25, -0.2) is 13.4 Å². The van der Waals surface area contributed by atoms with Crippen molar-refractivity contribution in [2.75, 3.05) is 18.0 Å². The summed E-state index contributed by atoms with van der Waals surface area (Å²) in [4.78, 5) is 17.2. The number of non-ortho nitro benzene ring substituents is 1. The zero-order valence-corrected chi connectivity index (χ0v) is 19.9. The molecule has 1 fully saturated rings. The van der Waals surface area contributed by atoms with E-state index >= 15 is 0 Å². The molecule has 0 aliphatic carbocycles. The summed E-state index contributed by atoms with van der Waals surface area (Å²) in [7, 11) is -3.64. The van der Waals surface area contributed by atoms with Crippen molar-refractivity contribution >= 4 is 55.2 Å². The Labute approximate surface area is 199 Å². The van der Waals surface area contributed by atoms with E-state index in [0.717, 1.165) is 22.5 Å². The molecule has 0 amide bonds. The summed E-state index contributed by atoms with van der Waals surface area (Å²) < 4.78 is 26.0. The molecule has 1 aliphatic heterocycles. The van der Waals surface area contributed by atoms with Crippen LogP contribution in [0.4, 0.5) is 10.8 Å². The van der Waals surface area contributed by atoms with Crippen LogP contribution in [0, 0.1) is 10.1 Å². The van der Waals surface area contributed by atoms with Crippen LogP contribution in [0.1, 0.15) is 24.1 Å². The van der Waals surface area contributed by atoms with Crippen molar-refractivity contribution in [2.45, 2.75) is 29.4 Å². The highest BCUT2D eigenvalue weighted by Crippen LogP contribution is 2.31. The van der Waals surface area contributed by atoms with Crippen LogP contribution < -0.4 is 4.90 Å². The molecule has 1 saturated heterocycles. The van der Waals surface area contributed by atoms with Gasteiger partial charge in [0.05, 0.1) is 20.8 Å². The zero-order chi connectivity index (χ0) is 22.9. The van der Waals surface area contributed by atoms with E-state index in [4.69, 9.17) is 28.2 Å². The number of nitrogens with zero attached hydrogens (tertiary/aromatic N) is 3. The van der Waals surface area contributed by atoms with Gasteiger partial charge in [-0.2, -0.15) is 0 Å². The van der Waals surface area contributed by atoms with Gasteiger partial charge in [-0.1, -0.05) is 29.3 Å². The van der Waals surface area contributed by atoms with Crippen LogP contribution >= 0.6 is 34.5 Å². The largest absolute Gasteiger partial charge is 0.348 e. The fourth-order valence-corrected chi connectivity index (χ4v) is 6.99. The second-order valence-electron chi connectivity index (χ2n) is 7.56. The molecular weight excluding hydrogens is 493 g/mol. The third kappa shape index (κ3) is 5.06. The number of piperidine rings is 1. The lowest BCUT2D eigenvalue weighted by Crippen LogP contribution is -2.39. The van der Waals surface area contributed by atoms with Crippen LogP contribution in [0.15, 0.2) is 52.7 Å². The lowest BCUT2D eigenvalue weighted by Gasteiger charge is -2.31. The Morgan fingerprint density at radius 3 is 2.47 bits per heavy atom. The number of benzene rings is 2. The maximum atomic E-state index is 13.0. The minimum absolute atomic E-state index is 0.00173. The molecule has 0 bridgehead atoms. The molecule has 0 N–H and O–H groups in total. The normalized spacial score (nSPS) is 15.1. The van der Waals surface area contributed by atoms with Gasteiger partial charge in [-0.15, -0.1) is 11.3 Å². The van der Waals surface area contributed by atoms with Gasteiger partial charge < -0.3 is 4.90 Å². The quantitative estimate of drug-likeness (QED) is 0.325. The van der Waals surface area contributed by atoms with Gasteiger partial charge in [0, 0.05) is 47.1 Å². The van der Waals surface area contributed by atoms with Gasteiger partial charge in [-0.3, -0.25) is 10.1 Å². The number of hydrogen-bond acceptors (Lipinski definition) is 7. The molecule has 2 aromatic carbocycles. The minimum Gasteiger partial charge on any atom is -0.348 e. The monoisotopic (exact) mass is 511 g/mol. The van der Waals surface area contributed by atoms with Crippen LogP contribution in [0.5, 0.6) is 0 Å². The molecule has 4 rings (SSSR count). The van der Waals surface area contributed by atoms with E-state index in [0.29, 0.717) is 42.4 Å². The van der Waals surface area contributed by atoms with Crippen LogP contribution in [0.3, 0.4) is 0 Å². The first-order chi connectivity index (χ1) is 15.2. The van der Waals surface area contributed by atoms with Gasteiger partial charge in [0.15, 0.2) is 15.0 Å². The second-order valence-corrected chi connectivity index (χ2v) is 11.5. The smallest absolute Gasteiger partial charge is 0.270 e. The van der Waals surface area contributed by atoms with Crippen molar-refractivity contribution in [1.29, 1.82) is 0 Å². The van der Waals surface area contributed by atoms with E-state index in [1.165, 1.54) is 29.5 Å². The zero-order valence-electron chi connectivity index (χ0n) is 16.8. The molecule has 3 aromatic rings. The number of nitro benzene ring substituents is 1. The van der Waals surface area contributed by atoms with Gasteiger partial charge in [0.2, 0.25) is 0 Å². The number of thiazole rings is 1. The Balaban J connectivity index is 1.42. The molecule has 11 heteroatoms. The maximum absolute atomic E-state index is 13.0. The highest BCUT2D eigenvalue weighted by molar-refractivity contribution is 7.92. The summed E-state index contributed by atoms with van der Waals surface area (Å²) >= 11 is 13.7. The SMILES string of the molecule is O=[N+]([O-])c1cccc(S(=O)(=O)C2CCN(c3nc(Cc4cc(Cl)cc(Cl)c4)cs3)CC2)c1. The molecule has 7 nitrogen and oxygen atoms in total. The first kappa shape index (κ1) is 23.0. The van der Waals surface area contributed by atoms with E-state index in [-0.39, 0.29) is 10.6 Å². The minimum atomic E-state index is -3.64. The fraction of sp³-hybridized carbons (Fsp3) is 0.286. The first-order valence-electron chi connectivity index (χ1n) is 9.85. The molecule has 2 heterocycles. The van der Waals surface area contributed by atoms with Crippen molar-refractivity contribution in [1.82, 2.24) is 4.98 Å². The molecule has 1 aliphatic rings. The summed E-state index contributed by atoms with van der Waals surface area (Å²) in [5, 5.41) is 14.4. The number of nitro groups is 1. The Bertz CT molecular complexity index is 1240. The summed E-state index contributed by atoms with van der Waals surface area (Å²) in [6, 6.07) is 10.7. The first-order valence-corrected chi connectivity index (χ1v) is 13.0. The number of rotatable bonds is 6. The standard InChI is InChI=1S/C21H19Cl2N3O4S2/c22-15-8-14(9-16(23)11-15)10-17-13-31-21(24-17)25-6-4-19(5-7-25)32(29,30)20-3-1-2-18(12-20)26(27)28/h1-3,8-9,11-13,19H,4-7,10H2. The molecule has 32 heavy (non-hydrogen) atoms. The average molecular weight is 512 g/mol. The van der Waals surface area contributed by atoms with Crippen molar-refractivity contribution in [3.05, 3.63) is 79.3 Å². The number of sulfone groups is 1. The number of hydrogen-bond donors (Lipinski definition) is 0. The number of anilines is 1. The highest BCUT2D eigenvalue weighted by Gasteiger charge is 2.32. The molecular formula is C21H19Cl2N3O4S2. The molecule has 1 aromatic heterocycles. The van der Waals surface area contributed by atoms with Crippen molar-refractivity contribution in [2.24, 2.45) is 0 Å². The number of aromatic nitrogens is 1. The Morgan fingerprint density at radius 2 is 1.81 bits per heavy atom. The van der Waals surface area contributed by atoms with E-state index in [9.17, 15) is 18.5 Å². The van der Waals surface area contributed by atoms with Crippen molar-refractivity contribution in [3.8, 4) is 0 Å². The van der Waals surface area contributed by atoms with Crippen LogP contribution in [0.25, 0.3) is 0 Å². The van der Waals surface area contributed by atoms with E-state index in [2.05, 4.69) is 4.90 Å². The van der Waals surface area contributed by atoms with Gasteiger partial charge >= 0.3 is 0 Å². The highest BCUT2D eigenvalue weighted by atomic mass is 35.5. The lowest BCUT2D eigenvalue weighted by molar-refractivity contribution is -0.385. The summed E-state index contributed by atoms with van der Waals surface area (Å²) in [6.45, 7) is 1.10. The van der Waals surface area contributed by atoms with E-state index in [1.807, 2.05) is 17.5 Å². The maximum Gasteiger partial charge on any atom is 0.270 e. The summed E-state index contributed by atoms with van der Waals surface area (Å²) in [6.07, 6.45) is 1.47. The van der Waals surface area contributed by atoms with Crippen molar-refractivity contribution < 1.29 is 13.3 Å². The molecule has 0 saturated carbocycles. The third-order valence-electron chi connectivity index (χ3n) is 5.36.